The van der Waals surface area contributed by atoms with Gasteiger partial charge in [-0.3, -0.25) is 0 Å². The van der Waals surface area contributed by atoms with Crippen molar-refractivity contribution in [3.8, 4) is 0 Å². The maximum absolute atomic E-state index is 9.15. The Hall–Kier alpha value is -1.25. The number of allylic oxidation sites excluding steroid dienone is 2. The van der Waals surface area contributed by atoms with Crippen molar-refractivity contribution in [3.63, 3.8) is 0 Å². The van der Waals surface area contributed by atoms with Crippen molar-refractivity contribution >= 4 is 17.2 Å². The second-order valence-electron chi connectivity index (χ2n) is 3.08. The molecule has 3 heteroatoms. The van der Waals surface area contributed by atoms with Crippen molar-refractivity contribution in [1.29, 1.82) is 0 Å². The van der Waals surface area contributed by atoms with Gasteiger partial charge < -0.3 is 10.4 Å². The predicted molar refractivity (Wildman–Crippen MR) is 57.7 cm³/mol. The Morgan fingerprint density at radius 3 is 2.50 bits per heavy atom. The highest BCUT2D eigenvalue weighted by molar-refractivity contribution is 6.30. The van der Waals surface area contributed by atoms with Crippen molar-refractivity contribution in [1.82, 2.24) is 5.32 Å². The second-order valence-corrected chi connectivity index (χ2v) is 3.51. The Morgan fingerprint density at radius 2 is 1.93 bits per heavy atom. The molecule has 1 aromatic carbocycles. The third-order valence-electron chi connectivity index (χ3n) is 2.05. The fourth-order valence-corrected chi connectivity index (χ4v) is 1.42. The van der Waals surface area contributed by atoms with Crippen molar-refractivity contribution in [2.75, 3.05) is 0 Å². The van der Waals surface area contributed by atoms with Crippen LogP contribution in [0, 0.1) is 0 Å². The largest absolute Gasteiger partial charge is 0.370 e. The number of hydrogen-bond donors (Lipinski definition) is 2. The number of benzene rings is 1. The molecule has 1 atom stereocenters. The fourth-order valence-electron chi connectivity index (χ4n) is 1.30. The summed E-state index contributed by atoms with van der Waals surface area (Å²) in [6, 6.07) is 7.57. The molecular weight excluding hydrogens is 198 g/mol. The minimum Gasteiger partial charge on any atom is -0.370 e. The lowest BCUT2D eigenvalue weighted by atomic mass is 10.1. The van der Waals surface area contributed by atoms with Crippen LogP contribution in [0.25, 0.3) is 5.57 Å². The number of hydrogen-bond acceptors (Lipinski definition) is 2. The maximum Gasteiger partial charge on any atom is 0.143 e. The minimum atomic E-state index is -0.578. The molecule has 2 rings (SSSR count). The quantitative estimate of drug-likeness (QED) is 0.740. The molecule has 0 bridgehead atoms. The molecular formula is C11H10ClNO. The van der Waals surface area contributed by atoms with Crippen LogP contribution >= 0.6 is 11.6 Å². The smallest absolute Gasteiger partial charge is 0.143 e. The van der Waals surface area contributed by atoms with Crippen LogP contribution in [0.2, 0.25) is 5.02 Å². The predicted octanol–water partition coefficient (Wildman–Crippen LogP) is 2.16. The monoisotopic (exact) mass is 207 g/mol. The van der Waals surface area contributed by atoms with E-state index in [2.05, 4.69) is 5.32 Å². The molecule has 0 aliphatic carbocycles. The molecule has 0 spiro atoms. The summed E-state index contributed by atoms with van der Waals surface area (Å²) in [5, 5.41) is 12.7. The van der Waals surface area contributed by atoms with Crippen LogP contribution in [0.1, 0.15) is 5.56 Å². The summed E-state index contributed by atoms with van der Waals surface area (Å²) < 4.78 is 0. The number of aliphatic hydroxyl groups excluding tert-OH is 1. The summed E-state index contributed by atoms with van der Waals surface area (Å²) >= 11 is 5.78. The van der Waals surface area contributed by atoms with Gasteiger partial charge >= 0.3 is 0 Å². The second kappa shape index (κ2) is 3.86. The summed E-state index contributed by atoms with van der Waals surface area (Å²) in [7, 11) is 0. The lowest BCUT2D eigenvalue weighted by Crippen LogP contribution is -2.23. The minimum absolute atomic E-state index is 0.578. The molecule has 0 saturated carbocycles. The fraction of sp³-hybridized carbons (Fsp3) is 0.0909. The number of aliphatic hydroxyl groups is 1. The molecule has 0 aromatic heterocycles. The average molecular weight is 208 g/mol. The van der Waals surface area contributed by atoms with Gasteiger partial charge in [-0.1, -0.05) is 29.8 Å². The molecule has 1 unspecified atom stereocenters. The van der Waals surface area contributed by atoms with Gasteiger partial charge in [0.25, 0.3) is 0 Å². The van der Waals surface area contributed by atoms with Gasteiger partial charge in [0.1, 0.15) is 6.23 Å². The van der Waals surface area contributed by atoms with Crippen LogP contribution in [0.5, 0.6) is 0 Å². The maximum atomic E-state index is 9.15. The van der Waals surface area contributed by atoms with Crippen LogP contribution < -0.4 is 5.32 Å². The molecule has 0 fully saturated rings. The highest BCUT2D eigenvalue weighted by Crippen LogP contribution is 2.19. The number of dihydropyridines is 1. The summed E-state index contributed by atoms with van der Waals surface area (Å²) in [5.41, 5.74) is 2.11. The lowest BCUT2D eigenvalue weighted by molar-refractivity contribution is 0.201. The number of halogens is 1. The lowest BCUT2D eigenvalue weighted by Gasteiger charge is -2.13. The van der Waals surface area contributed by atoms with Crippen LogP contribution in [0.3, 0.4) is 0 Å². The van der Waals surface area contributed by atoms with Crippen molar-refractivity contribution in [2.24, 2.45) is 0 Å². The number of nitrogens with one attached hydrogen (secondary N) is 1. The van der Waals surface area contributed by atoms with Crippen molar-refractivity contribution < 1.29 is 5.11 Å². The van der Waals surface area contributed by atoms with Gasteiger partial charge in [-0.05, 0) is 29.3 Å². The summed E-state index contributed by atoms with van der Waals surface area (Å²) in [6.45, 7) is 0. The molecule has 1 aromatic rings. The average Bonchev–Trinajstić information content (AvgIpc) is 2.21. The Balaban J connectivity index is 2.24. The standard InChI is InChI=1S/C11H10ClNO/c12-10-4-1-8(2-5-10)9-3-6-11(14)13-7-9/h1-7,11,13-14H. The van der Waals surface area contributed by atoms with Gasteiger partial charge in [0.15, 0.2) is 0 Å². The Morgan fingerprint density at radius 1 is 1.21 bits per heavy atom. The summed E-state index contributed by atoms with van der Waals surface area (Å²) in [4.78, 5) is 0. The van der Waals surface area contributed by atoms with Gasteiger partial charge in [-0.2, -0.15) is 0 Å². The zero-order valence-electron chi connectivity index (χ0n) is 7.44. The summed E-state index contributed by atoms with van der Waals surface area (Å²) in [6.07, 6.45) is 4.79. The zero-order chi connectivity index (χ0) is 9.97. The van der Waals surface area contributed by atoms with Crippen LogP contribution in [0.15, 0.2) is 42.6 Å². The van der Waals surface area contributed by atoms with E-state index in [-0.39, 0.29) is 0 Å². The van der Waals surface area contributed by atoms with E-state index in [0.29, 0.717) is 0 Å². The molecule has 1 aliphatic heterocycles. The van der Waals surface area contributed by atoms with Gasteiger partial charge in [0.2, 0.25) is 0 Å². The SMILES string of the molecule is OC1C=CC(c2ccc(Cl)cc2)=CN1. The molecule has 2 nitrogen and oxygen atoms in total. The van der Waals surface area contributed by atoms with E-state index in [4.69, 9.17) is 16.7 Å². The molecule has 1 heterocycles. The van der Waals surface area contributed by atoms with E-state index >= 15 is 0 Å². The topological polar surface area (TPSA) is 32.3 Å². The van der Waals surface area contributed by atoms with Crippen LogP contribution in [-0.2, 0) is 0 Å². The third-order valence-corrected chi connectivity index (χ3v) is 2.30. The molecule has 1 aliphatic rings. The molecule has 0 saturated heterocycles. The number of rotatable bonds is 1. The van der Waals surface area contributed by atoms with Crippen molar-refractivity contribution in [3.05, 3.63) is 53.2 Å². The van der Waals surface area contributed by atoms with E-state index in [1.807, 2.05) is 30.3 Å². The first-order chi connectivity index (χ1) is 6.75. The van der Waals surface area contributed by atoms with E-state index in [1.54, 1.807) is 12.3 Å². The molecule has 0 amide bonds. The first-order valence-electron chi connectivity index (χ1n) is 4.34. The molecule has 14 heavy (non-hydrogen) atoms. The summed E-state index contributed by atoms with van der Waals surface area (Å²) in [5.74, 6) is 0. The van der Waals surface area contributed by atoms with Gasteiger partial charge in [0.05, 0.1) is 0 Å². The van der Waals surface area contributed by atoms with Crippen molar-refractivity contribution in [2.45, 2.75) is 6.23 Å². The Labute approximate surface area is 87.5 Å². The highest BCUT2D eigenvalue weighted by atomic mass is 35.5. The van der Waals surface area contributed by atoms with E-state index in [0.717, 1.165) is 16.2 Å². The Kier molecular flexibility index (Phi) is 2.57. The van der Waals surface area contributed by atoms with E-state index in [1.165, 1.54) is 0 Å². The zero-order valence-corrected chi connectivity index (χ0v) is 8.20. The normalized spacial score (nSPS) is 20.1. The first kappa shape index (κ1) is 9.31. The van der Waals surface area contributed by atoms with Crippen LogP contribution in [-0.4, -0.2) is 11.3 Å². The molecule has 0 radical (unpaired) electrons. The van der Waals surface area contributed by atoms with Gasteiger partial charge in [-0.25, -0.2) is 0 Å². The van der Waals surface area contributed by atoms with Gasteiger partial charge in [0, 0.05) is 11.2 Å². The van der Waals surface area contributed by atoms with Crippen LogP contribution in [0.4, 0.5) is 0 Å². The molecule has 2 N–H and O–H groups in total. The van der Waals surface area contributed by atoms with Gasteiger partial charge in [-0.15, -0.1) is 0 Å². The third kappa shape index (κ3) is 1.97. The Bertz CT molecular complexity index is 381. The molecule has 72 valence electrons. The first-order valence-corrected chi connectivity index (χ1v) is 4.72. The highest BCUT2D eigenvalue weighted by Gasteiger charge is 2.04. The van der Waals surface area contributed by atoms with E-state index < -0.39 is 6.23 Å². The van der Waals surface area contributed by atoms with E-state index in [9.17, 15) is 0 Å².